The van der Waals surface area contributed by atoms with Crippen LogP contribution in [0.1, 0.15) is 38.7 Å². The number of benzene rings is 1. The fraction of sp³-hybridized carbons (Fsp3) is 0.444. The van der Waals surface area contributed by atoms with E-state index in [-0.39, 0.29) is 5.60 Å². The van der Waals surface area contributed by atoms with Gasteiger partial charge in [0, 0.05) is 0 Å². The van der Waals surface area contributed by atoms with Gasteiger partial charge in [-0.05, 0) is 45.1 Å². The average molecular weight is 256 g/mol. The summed E-state index contributed by atoms with van der Waals surface area (Å²) in [7, 11) is 0. The molecule has 1 heterocycles. The zero-order chi connectivity index (χ0) is 13.7. The molecule has 19 heavy (non-hydrogen) atoms. The highest BCUT2D eigenvalue weighted by atomic mass is 16.6. The van der Waals surface area contributed by atoms with Crippen LogP contribution in [0.2, 0.25) is 0 Å². The summed E-state index contributed by atoms with van der Waals surface area (Å²) in [4.78, 5) is 0. The van der Waals surface area contributed by atoms with E-state index < -0.39 is 0 Å². The molecule has 1 aliphatic rings. The van der Waals surface area contributed by atoms with Crippen LogP contribution in [0.25, 0.3) is 0 Å². The Bertz CT molecular complexity index is 446. The molecule has 0 radical (unpaired) electrons. The summed E-state index contributed by atoms with van der Waals surface area (Å²) in [6.07, 6.45) is 9.15. The molecule has 1 aromatic rings. The number of hydrogen-bond acceptors (Lipinski definition) is 1. The summed E-state index contributed by atoms with van der Waals surface area (Å²) in [6.45, 7) is 8.15. The van der Waals surface area contributed by atoms with E-state index in [4.69, 9.17) is 4.74 Å². The van der Waals surface area contributed by atoms with E-state index in [2.05, 4.69) is 56.8 Å². The third-order valence-electron chi connectivity index (χ3n) is 3.95. The molecule has 0 aliphatic carbocycles. The minimum Gasteiger partial charge on any atom is -0.362 e. The first-order chi connectivity index (χ1) is 9.14. The fourth-order valence-corrected chi connectivity index (χ4v) is 2.39. The summed E-state index contributed by atoms with van der Waals surface area (Å²) in [5.74, 6) is 0. The molecule has 0 unspecified atom stereocenters. The first-order valence-electron chi connectivity index (χ1n) is 7.15. The Morgan fingerprint density at radius 2 is 2.11 bits per heavy atom. The lowest BCUT2D eigenvalue weighted by atomic mass is 10.0. The Labute approximate surface area is 117 Å². The van der Waals surface area contributed by atoms with E-state index >= 15 is 0 Å². The molecule has 0 saturated carbocycles. The maximum absolute atomic E-state index is 5.63. The van der Waals surface area contributed by atoms with Crippen LogP contribution in [0, 0.1) is 0 Å². The quantitative estimate of drug-likeness (QED) is 0.509. The largest absolute Gasteiger partial charge is 0.362 e. The highest BCUT2D eigenvalue weighted by molar-refractivity contribution is 5.16. The summed E-state index contributed by atoms with van der Waals surface area (Å²) in [5.41, 5.74) is 2.83. The van der Waals surface area contributed by atoms with Gasteiger partial charge in [0.2, 0.25) is 0 Å². The molecular weight excluding hydrogens is 232 g/mol. The summed E-state index contributed by atoms with van der Waals surface area (Å²) < 4.78 is 5.63. The van der Waals surface area contributed by atoms with Crippen molar-refractivity contribution in [2.24, 2.45) is 0 Å². The SMILES string of the molecule is C=C[C@]1(C)O[C@H]1CC/C(C)=C/CCc1ccccc1. The first-order valence-corrected chi connectivity index (χ1v) is 7.15. The van der Waals surface area contributed by atoms with E-state index in [1.165, 1.54) is 11.1 Å². The minimum absolute atomic E-state index is 0.0513. The van der Waals surface area contributed by atoms with E-state index in [1.807, 2.05) is 6.08 Å². The molecule has 2 atom stereocenters. The second-order valence-electron chi connectivity index (χ2n) is 5.61. The molecular formula is C18H24O. The highest BCUT2D eigenvalue weighted by Crippen LogP contribution is 2.40. The summed E-state index contributed by atoms with van der Waals surface area (Å²) >= 11 is 0. The number of aryl methyl sites for hydroxylation is 1. The smallest absolute Gasteiger partial charge is 0.110 e. The summed E-state index contributed by atoms with van der Waals surface area (Å²) in [5, 5.41) is 0. The molecule has 0 bridgehead atoms. The average Bonchev–Trinajstić information content (AvgIpc) is 3.09. The maximum atomic E-state index is 5.63. The van der Waals surface area contributed by atoms with Gasteiger partial charge in [-0.15, -0.1) is 6.58 Å². The van der Waals surface area contributed by atoms with E-state index in [0.717, 1.165) is 25.7 Å². The maximum Gasteiger partial charge on any atom is 0.110 e. The molecule has 1 nitrogen and oxygen atoms in total. The van der Waals surface area contributed by atoms with E-state index in [1.54, 1.807) is 0 Å². The van der Waals surface area contributed by atoms with Gasteiger partial charge in [0.25, 0.3) is 0 Å². The number of rotatable bonds is 7. The Kier molecular flexibility index (Phi) is 4.60. The molecule has 1 saturated heterocycles. The van der Waals surface area contributed by atoms with Crippen LogP contribution in [0.5, 0.6) is 0 Å². The van der Waals surface area contributed by atoms with Crippen molar-refractivity contribution in [3.63, 3.8) is 0 Å². The van der Waals surface area contributed by atoms with Gasteiger partial charge in [-0.1, -0.05) is 48.1 Å². The minimum atomic E-state index is -0.0513. The molecule has 1 aliphatic heterocycles. The lowest BCUT2D eigenvalue weighted by molar-refractivity contribution is 0.338. The molecule has 0 amide bonds. The van der Waals surface area contributed by atoms with Gasteiger partial charge >= 0.3 is 0 Å². The summed E-state index contributed by atoms with van der Waals surface area (Å²) in [6, 6.07) is 10.7. The number of ether oxygens (including phenoxy) is 1. The van der Waals surface area contributed by atoms with Gasteiger partial charge in [-0.2, -0.15) is 0 Å². The van der Waals surface area contributed by atoms with Crippen molar-refractivity contribution in [3.8, 4) is 0 Å². The normalized spacial score (nSPS) is 26.2. The monoisotopic (exact) mass is 256 g/mol. The number of hydrogen-bond donors (Lipinski definition) is 0. The third kappa shape index (κ3) is 4.07. The van der Waals surface area contributed by atoms with Crippen molar-refractivity contribution in [2.75, 3.05) is 0 Å². The predicted molar refractivity (Wildman–Crippen MR) is 81.2 cm³/mol. The predicted octanol–water partition coefficient (Wildman–Crippen LogP) is 4.69. The zero-order valence-corrected chi connectivity index (χ0v) is 12.1. The fourth-order valence-electron chi connectivity index (χ4n) is 2.39. The van der Waals surface area contributed by atoms with Gasteiger partial charge in [0.1, 0.15) is 5.60 Å². The Morgan fingerprint density at radius 1 is 1.37 bits per heavy atom. The van der Waals surface area contributed by atoms with Gasteiger partial charge < -0.3 is 4.74 Å². The molecule has 0 N–H and O–H groups in total. The van der Waals surface area contributed by atoms with Crippen LogP contribution in [0.3, 0.4) is 0 Å². The second-order valence-corrected chi connectivity index (χ2v) is 5.61. The lowest BCUT2D eigenvalue weighted by Gasteiger charge is -2.02. The van der Waals surface area contributed by atoms with Crippen LogP contribution in [-0.4, -0.2) is 11.7 Å². The van der Waals surface area contributed by atoms with Crippen molar-refractivity contribution in [1.82, 2.24) is 0 Å². The van der Waals surface area contributed by atoms with Crippen LogP contribution < -0.4 is 0 Å². The molecule has 1 aromatic carbocycles. The van der Waals surface area contributed by atoms with Gasteiger partial charge in [-0.3, -0.25) is 0 Å². The molecule has 1 fully saturated rings. The Hall–Kier alpha value is -1.34. The van der Waals surface area contributed by atoms with Gasteiger partial charge in [0.15, 0.2) is 0 Å². The van der Waals surface area contributed by atoms with Crippen LogP contribution >= 0.6 is 0 Å². The third-order valence-corrected chi connectivity index (χ3v) is 3.95. The van der Waals surface area contributed by atoms with Crippen LogP contribution in [-0.2, 0) is 11.2 Å². The van der Waals surface area contributed by atoms with E-state index in [0.29, 0.717) is 6.10 Å². The van der Waals surface area contributed by atoms with Crippen LogP contribution in [0.15, 0.2) is 54.6 Å². The number of epoxide rings is 1. The van der Waals surface area contributed by atoms with Gasteiger partial charge in [-0.25, -0.2) is 0 Å². The topological polar surface area (TPSA) is 12.5 Å². The second kappa shape index (κ2) is 6.21. The molecule has 102 valence electrons. The van der Waals surface area contributed by atoms with Gasteiger partial charge in [0.05, 0.1) is 6.10 Å². The first kappa shape index (κ1) is 14.1. The lowest BCUT2D eigenvalue weighted by Crippen LogP contribution is -2.04. The van der Waals surface area contributed by atoms with Crippen molar-refractivity contribution in [1.29, 1.82) is 0 Å². The van der Waals surface area contributed by atoms with Crippen molar-refractivity contribution < 1.29 is 4.74 Å². The number of allylic oxidation sites excluding steroid dienone is 2. The molecule has 1 heteroatoms. The van der Waals surface area contributed by atoms with E-state index in [9.17, 15) is 0 Å². The Morgan fingerprint density at radius 3 is 2.74 bits per heavy atom. The van der Waals surface area contributed by atoms with Crippen molar-refractivity contribution >= 4 is 0 Å². The Balaban J connectivity index is 1.68. The molecule has 0 spiro atoms. The van der Waals surface area contributed by atoms with Crippen molar-refractivity contribution in [2.45, 2.75) is 51.2 Å². The standard InChI is InChI=1S/C18H24O/c1-4-18(3)17(19-18)14-13-15(2)9-8-12-16-10-6-5-7-11-16/h4-7,9-11,17H,1,8,12-14H2,2-3H3/b15-9+/t17-,18-/m0/s1. The molecule has 0 aromatic heterocycles. The van der Waals surface area contributed by atoms with Crippen molar-refractivity contribution in [3.05, 3.63) is 60.2 Å². The highest BCUT2D eigenvalue weighted by Gasteiger charge is 2.48. The molecule has 2 rings (SSSR count). The van der Waals surface area contributed by atoms with Crippen LogP contribution in [0.4, 0.5) is 0 Å². The zero-order valence-electron chi connectivity index (χ0n) is 12.1.